The largest absolute Gasteiger partial charge is 0.260 e. The highest BCUT2D eigenvalue weighted by atomic mass is 14.7. The highest BCUT2D eigenvalue weighted by Gasteiger charge is 1.90. The summed E-state index contributed by atoms with van der Waals surface area (Å²) in [5, 5.41) is 0. The van der Waals surface area contributed by atoms with Crippen LogP contribution in [0.5, 0.6) is 0 Å². The number of hydrogen-bond acceptors (Lipinski definition) is 2. The number of aromatic nitrogens is 2. The number of rotatable bonds is 0. The van der Waals surface area contributed by atoms with Crippen molar-refractivity contribution < 1.29 is 0 Å². The van der Waals surface area contributed by atoms with Crippen molar-refractivity contribution in [3.05, 3.63) is 59.2 Å². The van der Waals surface area contributed by atoms with Crippen LogP contribution in [0, 0.1) is 25.7 Å². The van der Waals surface area contributed by atoms with Gasteiger partial charge in [0.2, 0.25) is 0 Å². The summed E-state index contributed by atoms with van der Waals surface area (Å²) >= 11 is 0. The molecule has 78 valence electrons. The molecule has 0 aliphatic rings. The maximum atomic E-state index is 4.31. The van der Waals surface area contributed by atoms with Gasteiger partial charge in [0, 0.05) is 23.1 Å². The van der Waals surface area contributed by atoms with Gasteiger partial charge in [0.05, 0.1) is 0 Å². The zero-order valence-corrected chi connectivity index (χ0v) is 9.36. The van der Waals surface area contributed by atoms with Crippen molar-refractivity contribution in [1.82, 2.24) is 9.97 Å². The third kappa shape index (κ3) is 2.68. The van der Waals surface area contributed by atoms with Gasteiger partial charge in [-0.25, -0.2) is 4.98 Å². The van der Waals surface area contributed by atoms with Gasteiger partial charge in [-0.3, -0.25) is 4.98 Å². The molecule has 0 aliphatic heterocycles. The van der Waals surface area contributed by atoms with Crippen LogP contribution in [0.25, 0.3) is 0 Å². The monoisotopic (exact) mass is 208 g/mol. The fraction of sp³-hybridized carbons (Fsp3) is 0.143. The topological polar surface area (TPSA) is 25.8 Å². The number of pyridine rings is 2. The number of hydrogen-bond donors (Lipinski definition) is 0. The van der Waals surface area contributed by atoms with E-state index in [9.17, 15) is 0 Å². The molecule has 0 unspecified atom stereocenters. The molecule has 0 radical (unpaired) electrons. The summed E-state index contributed by atoms with van der Waals surface area (Å²) in [4.78, 5) is 8.50. The van der Waals surface area contributed by atoms with Gasteiger partial charge in [-0.15, -0.1) is 0 Å². The molecule has 2 nitrogen and oxygen atoms in total. The summed E-state index contributed by atoms with van der Waals surface area (Å²) in [6.07, 6.45) is 1.78. The second kappa shape index (κ2) is 4.59. The van der Waals surface area contributed by atoms with Crippen LogP contribution in [-0.2, 0) is 0 Å². The van der Waals surface area contributed by atoms with Crippen molar-refractivity contribution >= 4 is 0 Å². The average molecular weight is 208 g/mol. The van der Waals surface area contributed by atoms with Crippen molar-refractivity contribution in [2.45, 2.75) is 13.8 Å². The first kappa shape index (κ1) is 10.4. The van der Waals surface area contributed by atoms with Crippen LogP contribution in [0.3, 0.4) is 0 Å². The molecule has 2 heteroatoms. The molecular weight excluding hydrogens is 196 g/mol. The van der Waals surface area contributed by atoms with Crippen molar-refractivity contribution in [2.75, 3.05) is 0 Å². The Kier molecular flexibility index (Phi) is 2.98. The standard InChI is InChI=1S/C14H12N2/c1-11-6-7-13(10-15-11)8-9-14-5-3-4-12(2)16-14/h3-7,10H,1-2H3. The summed E-state index contributed by atoms with van der Waals surface area (Å²) in [7, 11) is 0. The van der Waals surface area contributed by atoms with Gasteiger partial charge in [0.15, 0.2) is 0 Å². The summed E-state index contributed by atoms with van der Waals surface area (Å²) in [6, 6.07) is 9.73. The minimum absolute atomic E-state index is 0.792. The van der Waals surface area contributed by atoms with E-state index in [0.29, 0.717) is 0 Å². The molecule has 0 bridgehead atoms. The minimum Gasteiger partial charge on any atom is -0.260 e. The summed E-state index contributed by atoms with van der Waals surface area (Å²) in [5.41, 5.74) is 3.68. The molecular formula is C14H12N2. The van der Waals surface area contributed by atoms with E-state index in [4.69, 9.17) is 0 Å². The Bertz CT molecular complexity index is 545. The van der Waals surface area contributed by atoms with Crippen molar-refractivity contribution in [3.8, 4) is 11.8 Å². The van der Waals surface area contributed by atoms with Crippen molar-refractivity contribution in [2.24, 2.45) is 0 Å². The molecule has 0 saturated carbocycles. The van der Waals surface area contributed by atoms with Gasteiger partial charge >= 0.3 is 0 Å². The molecule has 0 atom stereocenters. The van der Waals surface area contributed by atoms with Gasteiger partial charge in [-0.1, -0.05) is 12.0 Å². The van der Waals surface area contributed by atoms with Crippen LogP contribution in [0.2, 0.25) is 0 Å². The SMILES string of the molecule is Cc1ccc(C#Cc2cccc(C)n2)cn1. The first-order valence-corrected chi connectivity index (χ1v) is 5.12. The van der Waals surface area contributed by atoms with Crippen molar-refractivity contribution in [1.29, 1.82) is 0 Å². The van der Waals surface area contributed by atoms with Crippen LogP contribution in [0.4, 0.5) is 0 Å². The zero-order valence-electron chi connectivity index (χ0n) is 9.36. The molecule has 2 aromatic rings. The lowest BCUT2D eigenvalue weighted by atomic mass is 10.2. The molecule has 2 rings (SSSR count). The molecule has 0 N–H and O–H groups in total. The van der Waals surface area contributed by atoms with Crippen LogP contribution >= 0.6 is 0 Å². The highest BCUT2D eigenvalue weighted by Crippen LogP contribution is 1.99. The van der Waals surface area contributed by atoms with Gasteiger partial charge < -0.3 is 0 Å². The normalized spacial score (nSPS) is 9.38. The molecule has 0 fully saturated rings. The molecule has 0 saturated heterocycles. The van der Waals surface area contributed by atoms with Crippen LogP contribution in [-0.4, -0.2) is 9.97 Å². The average Bonchev–Trinajstić information content (AvgIpc) is 2.28. The molecule has 2 aromatic heterocycles. The first-order valence-electron chi connectivity index (χ1n) is 5.12. The molecule has 2 heterocycles. The predicted octanol–water partition coefficient (Wildman–Crippen LogP) is 2.49. The Labute approximate surface area is 95.4 Å². The number of nitrogens with zero attached hydrogens (tertiary/aromatic N) is 2. The molecule has 0 amide bonds. The highest BCUT2D eigenvalue weighted by molar-refractivity contribution is 5.39. The lowest BCUT2D eigenvalue weighted by Gasteiger charge is -1.92. The van der Waals surface area contributed by atoms with Gasteiger partial charge in [-0.2, -0.15) is 0 Å². The lowest BCUT2D eigenvalue weighted by Crippen LogP contribution is -1.85. The Balaban J connectivity index is 2.25. The van der Waals surface area contributed by atoms with E-state index in [-0.39, 0.29) is 0 Å². The zero-order chi connectivity index (χ0) is 11.4. The summed E-state index contributed by atoms with van der Waals surface area (Å²) < 4.78 is 0. The fourth-order valence-electron chi connectivity index (χ4n) is 1.29. The Morgan fingerprint density at radius 2 is 1.81 bits per heavy atom. The van der Waals surface area contributed by atoms with Crippen LogP contribution in [0.15, 0.2) is 36.5 Å². The fourth-order valence-corrected chi connectivity index (χ4v) is 1.29. The first-order chi connectivity index (χ1) is 7.74. The van der Waals surface area contributed by atoms with Crippen molar-refractivity contribution in [3.63, 3.8) is 0 Å². The summed E-state index contributed by atoms with van der Waals surface area (Å²) in [5.74, 6) is 6.06. The van der Waals surface area contributed by atoms with E-state index in [1.54, 1.807) is 6.20 Å². The molecule has 0 aromatic carbocycles. The predicted molar refractivity (Wildman–Crippen MR) is 63.9 cm³/mol. The second-order valence-corrected chi connectivity index (χ2v) is 3.60. The molecule has 0 spiro atoms. The Morgan fingerprint density at radius 1 is 0.938 bits per heavy atom. The van der Waals surface area contributed by atoms with Gasteiger partial charge in [0.25, 0.3) is 0 Å². The smallest absolute Gasteiger partial charge is 0.113 e. The minimum atomic E-state index is 0.792. The lowest BCUT2D eigenvalue weighted by molar-refractivity contribution is 1.17. The van der Waals surface area contributed by atoms with E-state index < -0.39 is 0 Å². The van der Waals surface area contributed by atoms with E-state index in [1.807, 2.05) is 44.2 Å². The maximum absolute atomic E-state index is 4.31. The third-order valence-electron chi connectivity index (χ3n) is 2.13. The number of aryl methyl sites for hydroxylation is 2. The van der Waals surface area contributed by atoms with Gasteiger partial charge in [0.1, 0.15) is 5.69 Å². The van der Waals surface area contributed by atoms with E-state index >= 15 is 0 Å². The summed E-state index contributed by atoms with van der Waals surface area (Å²) in [6.45, 7) is 3.91. The second-order valence-electron chi connectivity index (χ2n) is 3.60. The Morgan fingerprint density at radius 3 is 2.50 bits per heavy atom. The maximum Gasteiger partial charge on any atom is 0.113 e. The Hall–Kier alpha value is -2.14. The van der Waals surface area contributed by atoms with Gasteiger partial charge in [-0.05, 0) is 44.0 Å². The third-order valence-corrected chi connectivity index (χ3v) is 2.13. The van der Waals surface area contributed by atoms with Crippen LogP contribution in [0.1, 0.15) is 22.6 Å². The van der Waals surface area contributed by atoms with E-state index in [2.05, 4.69) is 21.8 Å². The molecule has 16 heavy (non-hydrogen) atoms. The quantitative estimate of drug-likeness (QED) is 0.622. The van der Waals surface area contributed by atoms with E-state index in [0.717, 1.165) is 22.6 Å². The molecule has 0 aliphatic carbocycles. The van der Waals surface area contributed by atoms with E-state index in [1.165, 1.54) is 0 Å². The van der Waals surface area contributed by atoms with Crippen LogP contribution < -0.4 is 0 Å².